The lowest BCUT2D eigenvalue weighted by Gasteiger charge is -2.07. The predicted molar refractivity (Wildman–Crippen MR) is 94.7 cm³/mol. The van der Waals surface area contributed by atoms with Gasteiger partial charge in [-0.05, 0) is 24.6 Å². The minimum atomic E-state index is -0.986. The van der Waals surface area contributed by atoms with Gasteiger partial charge in [0.05, 0.1) is 0 Å². The summed E-state index contributed by atoms with van der Waals surface area (Å²) in [6, 6.07) is 4.71. The van der Waals surface area contributed by atoms with E-state index in [-0.39, 0.29) is 0 Å². The summed E-state index contributed by atoms with van der Waals surface area (Å²) >= 11 is 5.98. The van der Waals surface area contributed by atoms with Crippen LogP contribution < -0.4 is 5.73 Å². The number of aromatic nitrogens is 1. The van der Waals surface area contributed by atoms with Gasteiger partial charge in [-0.25, -0.2) is 0 Å². The minimum absolute atomic E-state index is 0.320. The van der Waals surface area contributed by atoms with Crippen molar-refractivity contribution in [1.29, 1.82) is 0 Å². The van der Waals surface area contributed by atoms with E-state index in [0.717, 1.165) is 22.2 Å². The fraction of sp³-hybridized carbons (Fsp3) is 0.471. The number of aliphatic carboxylic acids is 1. The van der Waals surface area contributed by atoms with Crippen LogP contribution in [0, 0.1) is 6.92 Å². The van der Waals surface area contributed by atoms with Gasteiger partial charge in [0.15, 0.2) is 0 Å². The van der Waals surface area contributed by atoms with E-state index in [0.29, 0.717) is 11.4 Å². The summed E-state index contributed by atoms with van der Waals surface area (Å²) in [4.78, 5) is 10.9. The highest BCUT2D eigenvalue weighted by molar-refractivity contribution is 6.31. The van der Waals surface area contributed by atoms with Gasteiger partial charge in [-0.1, -0.05) is 45.4 Å². The molecule has 0 aliphatic heterocycles. The maximum atomic E-state index is 10.9. The van der Waals surface area contributed by atoms with Crippen LogP contribution in [0.5, 0.6) is 0 Å². The van der Waals surface area contributed by atoms with E-state index in [9.17, 15) is 4.79 Å². The van der Waals surface area contributed by atoms with Crippen LogP contribution in [0.1, 0.15) is 39.0 Å². The Morgan fingerprint density at radius 2 is 1.86 bits per heavy atom. The molecule has 1 unspecified atom stereocenters. The van der Waals surface area contributed by atoms with E-state index in [4.69, 9.17) is 22.4 Å². The van der Waals surface area contributed by atoms with Crippen molar-refractivity contribution in [2.45, 2.75) is 47.1 Å². The summed E-state index contributed by atoms with van der Waals surface area (Å²) in [5.74, 6) is -0.986. The number of fused-ring (bicyclic) bond motifs is 1. The number of halogens is 1. The van der Waals surface area contributed by atoms with Gasteiger partial charge in [0.2, 0.25) is 0 Å². The number of benzene rings is 1. The van der Waals surface area contributed by atoms with Gasteiger partial charge in [0.25, 0.3) is 0 Å². The molecule has 1 aromatic heterocycles. The summed E-state index contributed by atoms with van der Waals surface area (Å²) < 4.78 is 2.01. The zero-order chi connectivity index (χ0) is 17.4. The number of nitrogens with zero attached hydrogens (tertiary/aromatic N) is 1. The second-order valence-electron chi connectivity index (χ2n) is 4.43. The summed E-state index contributed by atoms with van der Waals surface area (Å²) in [5.41, 5.74) is 8.59. The van der Waals surface area contributed by atoms with Gasteiger partial charge in [0, 0.05) is 35.1 Å². The molecule has 0 amide bonds. The van der Waals surface area contributed by atoms with Crippen LogP contribution in [0.4, 0.5) is 0 Å². The van der Waals surface area contributed by atoms with Crippen LogP contribution in [0.3, 0.4) is 0 Å². The fourth-order valence-electron chi connectivity index (χ4n) is 2.18. The molecule has 4 nitrogen and oxygen atoms in total. The maximum Gasteiger partial charge on any atom is 0.320 e. The van der Waals surface area contributed by atoms with Crippen LogP contribution in [-0.4, -0.2) is 21.7 Å². The van der Waals surface area contributed by atoms with Crippen molar-refractivity contribution in [3.63, 3.8) is 0 Å². The third-order valence-corrected chi connectivity index (χ3v) is 3.56. The van der Waals surface area contributed by atoms with Crippen molar-refractivity contribution in [3.8, 4) is 0 Å². The van der Waals surface area contributed by atoms with E-state index in [1.165, 1.54) is 0 Å². The smallest absolute Gasteiger partial charge is 0.320 e. The highest BCUT2D eigenvalue weighted by Gasteiger charge is 2.18. The SMILES string of the molecule is CC.CC.Cc1c(CC(N)C(=O)O)c2ccc(Cl)cc2n1C. The number of carboxylic acid groups (broad SMARTS) is 1. The highest BCUT2D eigenvalue weighted by Crippen LogP contribution is 2.28. The van der Waals surface area contributed by atoms with Crippen molar-refractivity contribution >= 4 is 28.5 Å². The van der Waals surface area contributed by atoms with Gasteiger partial charge in [0.1, 0.15) is 6.04 Å². The van der Waals surface area contributed by atoms with E-state index >= 15 is 0 Å². The lowest BCUT2D eigenvalue weighted by Crippen LogP contribution is -2.32. The molecule has 1 heterocycles. The van der Waals surface area contributed by atoms with Crippen molar-refractivity contribution in [2.24, 2.45) is 12.8 Å². The monoisotopic (exact) mass is 326 g/mol. The topological polar surface area (TPSA) is 68.2 Å². The molecule has 2 aromatic rings. The number of carboxylic acids is 1. The molecule has 0 bridgehead atoms. The molecule has 0 saturated heterocycles. The van der Waals surface area contributed by atoms with E-state index in [2.05, 4.69) is 0 Å². The molecule has 0 aliphatic carbocycles. The number of hydrogen-bond donors (Lipinski definition) is 2. The third-order valence-electron chi connectivity index (χ3n) is 3.33. The Labute approximate surface area is 137 Å². The number of rotatable bonds is 3. The molecule has 3 N–H and O–H groups in total. The van der Waals surface area contributed by atoms with Gasteiger partial charge in [-0.3, -0.25) is 4.79 Å². The molecule has 0 radical (unpaired) electrons. The Balaban J connectivity index is 0.00000102. The Kier molecular flexibility index (Phi) is 8.83. The highest BCUT2D eigenvalue weighted by atomic mass is 35.5. The molecule has 1 aromatic carbocycles. The third kappa shape index (κ3) is 4.49. The molecular weight excluding hydrogens is 300 g/mol. The van der Waals surface area contributed by atoms with Gasteiger partial charge >= 0.3 is 5.97 Å². The normalized spacial score (nSPS) is 11.1. The Morgan fingerprint density at radius 3 is 2.36 bits per heavy atom. The second kappa shape index (κ2) is 9.49. The van der Waals surface area contributed by atoms with Crippen molar-refractivity contribution in [2.75, 3.05) is 0 Å². The first-order valence-corrected chi connectivity index (χ1v) is 8.01. The number of hydrogen-bond acceptors (Lipinski definition) is 2. The van der Waals surface area contributed by atoms with Crippen molar-refractivity contribution < 1.29 is 9.90 Å². The van der Waals surface area contributed by atoms with Crippen LogP contribution in [0.25, 0.3) is 10.9 Å². The zero-order valence-electron chi connectivity index (χ0n) is 14.3. The van der Waals surface area contributed by atoms with E-state index in [1.54, 1.807) is 6.07 Å². The predicted octanol–water partition coefficient (Wildman–Crippen LogP) is 4.15. The molecule has 0 fully saturated rings. The average molecular weight is 327 g/mol. The molecule has 0 saturated carbocycles. The molecule has 0 spiro atoms. The molecule has 0 aliphatic rings. The maximum absolute atomic E-state index is 10.9. The molecule has 1 atom stereocenters. The zero-order valence-corrected chi connectivity index (χ0v) is 15.0. The van der Waals surface area contributed by atoms with Gasteiger partial charge in [-0.15, -0.1) is 0 Å². The molecule has 2 rings (SSSR count). The number of carbonyl (C=O) groups is 1. The van der Waals surface area contributed by atoms with Gasteiger partial charge < -0.3 is 15.4 Å². The summed E-state index contributed by atoms with van der Waals surface area (Å²) in [6.45, 7) is 9.96. The fourth-order valence-corrected chi connectivity index (χ4v) is 2.35. The number of nitrogens with two attached hydrogens (primary N) is 1. The lowest BCUT2D eigenvalue weighted by molar-refractivity contribution is -0.138. The summed E-state index contributed by atoms with van der Waals surface area (Å²) in [7, 11) is 1.93. The Hall–Kier alpha value is -1.52. The lowest BCUT2D eigenvalue weighted by atomic mass is 10.0. The molecule has 5 heteroatoms. The molecule has 22 heavy (non-hydrogen) atoms. The van der Waals surface area contributed by atoms with Crippen LogP contribution in [0.2, 0.25) is 5.02 Å². The Bertz CT molecular complexity index is 621. The average Bonchev–Trinajstić information content (AvgIpc) is 2.76. The minimum Gasteiger partial charge on any atom is -0.480 e. The van der Waals surface area contributed by atoms with Crippen LogP contribution in [0.15, 0.2) is 18.2 Å². The van der Waals surface area contributed by atoms with Crippen molar-refractivity contribution in [3.05, 3.63) is 34.5 Å². The largest absolute Gasteiger partial charge is 0.480 e. The first-order valence-electron chi connectivity index (χ1n) is 7.63. The summed E-state index contributed by atoms with van der Waals surface area (Å²) in [6.07, 6.45) is 0.320. The molecule has 124 valence electrons. The van der Waals surface area contributed by atoms with E-state index in [1.807, 2.05) is 58.4 Å². The van der Waals surface area contributed by atoms with Crippen LogP contribution >= 0.6 is 11.6 Å². The first kappa shape index (κ1) is 20.5. The molecular formula is C17H27ClN2O2. The Morgan fingerprint density at radius 1 is 1.32 bits per heavy atom. The van der Waals surface area contributed by atoms with E-state index < -0.39 is 12.0 Å². The van der Waals surface area contributed by atoms with Crippen LogP contribution in [-0.2, 0) is 18.3 Å². The second-order valence-corrected chi connectivity index (χ2v) is 4.87. The summed E-state index contributed by atoms with van der Waals surface area (Å²) in [5, 5.41) is 10.6. The van der Waals surface area contributed by atoms with Gasteiger partial charge in [-0.2, -0.15) is 0 Å². The quantitative estimate of drug-likeness (QED) is 0.890. The standard InChI is InChI=1S/C13H15ClN2O2.2C2H6/c1-7-10(6-11(15)13(17)18)9-4-3-8(14)5-12(9)16(7)2;2*1-2/h3-5,11H,6,15H2,1-2H3,(H,17,18);2*1-2H3. The number of aryl methyl sites for hydroxylation is 1. The first-order chi connectivity index (χ1) is 10.4. The van der Waals surface area contributed by atoms with Crippen molar-refractivity contribution in [1.82, 2.24) is 4.57 Å².